The minimum absolute atomic E-state index is 0.108. The van der Waals surface area contributed by atoms with Crippen molar-refractivity contribution in [1.29, 1.82) is 0 Å². The predicted octanol–water partition coefficient (Wildman–Crippen LogP) is 1.10. The minimum atomic E-state index is -0.451. The van der Waals surface area contributed by atoms with Crippen LogP contribution in [0.25, 0.3) is 0 Å². The topological polar surface area (TPSA) is 78.3 Å². The van der Waals surface area contributed by atoms with Crippen molar-refractivity contribution in [1.82, 2.24) is 0 Å². The molecule has 0 radical (unpaired) electrons. The summed E-state index contributed by atoms with van der Waals surface area (Å²) in [5.74, 6) is -0.498. The third-order valence-electron chi connectivity index (χ3n) is 2.08. The smallest absolute Gasteiger partial charge is 0.220 e. The summed E-state index contributed by atoms with van der Waals surface area (Å²) < 4.78 is 18.6. The van der Waals surface area contributed by atoms with Gasteiger partial charge in [0.15, 0.2) is 0 Å². The van der Waals surface area contributed by atoms with Crippen molar-refractivity contribution >= 4 is 5.91 Å². The van der Waals surface area contributed by atoms with Crippen LogP contribution in [0.2, 0.25) is 0 Å². The lowest BCUT2D eigenvalue weighted by Crippen LogP contribution is -2.14. The van der Waals surface area contributed by atoms with Gasteiger partial charge in [-0.15, -0.1) is 0 Å². The van der Waals surface area contributed by atoms with Crippen molar-refractivity contribution in [3.05, 3.63) is 29.6 Å². The highest BCUT2D eigenvalue weighted by Crippen LogP contribution is 2.20. The van der Waals surface area contributed by atoms with E-state index in [-0.39, 0.29) is 19.1 Å². The summed E-state index contributed by atoms with van der Waals surface area (Å²) >= 11 is 0. The Morgan fingerprint density at radius 1 is 1.56 bits per heavy atom. The van der Waals surface area contributed by atoms with Gasteiger partial charge in [0.05, 0.1) is 13.0 Å². The van der Waals surface area contributed by atoms with Gasteiger partial charge >= 0.3 is 0 Å². The quantitative estimate of drug-likeness (QED) is 0.789. The molecular weight excluding hydrogens is 211 g/mol. The second kappa shape index (κ2) is 5.46. The number of primary amides is 1. The van der Waals surface area contributed by atoms with Gasteiger partial charge in [-0.05, 0) is 13.0 Å². The molecule has 1 aromatic rings. The molecule has 0 bridgehead atoms. The average Bonchev–Trinajstić information content (AvgIpc) is 2.16. The van der Waals surface area contributed by atoms with Crippen LogP contribution in [-0.2, 0) is 4.79 Å². The van der Waals surface area contributed by atoms with E-state index < -0.39 is 11.7 Å². The Morgan fingerprint density at radius 2 is 2.25 bits per heavy atom. The lowest BCUT2D eigenvalue weighted by molar-refractivity contribution is -0.118. The molecule has 16 heavy (non-hydrogen) atoms. The van der Waals surface area contributed by atoms with E-state index in [0.717, 1.165) is 0 Å². The zero-order valence-corrected chi connectivity index (χ0v) is 9.07. The average molecular weight is 226 g/mol. The van der Waals surface area contributed by atoms with E-state index in [9.17, 15) is 9.18 Å². The second-order valence-electron chi connectivity index (χ2n) is 3.54. The molecule has 1 aromatic carbocycles. The van der Waals surface area contributed by atoms with Crippen LogP contribution in [0.5, 0.6) is 5.75 Å². The molecule has 1 rings (SSSR count). The zero-order chi connectivity index (χ0) is 12.1. The number of halogens is 1. The summed E-state index contributed by atoms with van der Waals surface area (Å²) in [4.78, 5) is 10.5. The van der Waals surface area contributed by atoms with Gasteiger partial charge in [-0.1, -0.05) is 6.07 Å². The number of rotatable bonds is 5. The molecule has 0 fully saturated rings. The van der Waals surface area contributed by atoms with Crippen molar-refractivity contribution in [3.8, 4) is 5.75 Å². The Labute approximate surface area is 93.4 Å². The maximum absolute atomic E-state index is 13.4. The molecule has 0 aromatic heterocycles. The maximum Gasteiger partial charge on any atom is 0.220 e. The number of hydrogen-bond donors (Lipinski definition) is 2. The normalized spacial score (nSPS) is 12.2. The highest BCUT2D eigenvalue weighted by molar-refractivity contribution is 5.73. The van der Waals surface area contributed by atoms with Crippen molar-refractivity contribution in [3.63, 3.8) is 0 Å². The SMILES string of the molecule is C[C@H](N)c1ccc(OCCC(N)=O)cc1F. The molecule has 0 spiro atoms. The first-order valence-corrected chi connectivity index (χ1v) is 4.97. The number of benzene rings is 1. The van der Waals surface area contributed by atoms with Crippen LogP contribution in [0.4, 0.5) is 4.39 Å². The van der Waals surface area contributed by atoms with Crippen LogP contribution in [0, 0.1) is 5.82 Å². The van der Waals surface area contributed by atoms with E-state index in [0.29, 0.717) is 11.3 Å². The molecule has 0 saturated heterocycles. The highest BCUT2D eigenvalue weighted by atomic mass is 19.1. The molecule has 0 aliphatic rings. The second-order valence-corrected chi connectivity index (χ2v) is 3.54. The third-order valence-corrected chi connectivity index (χ3v) is 2.08. The van der Waals surface area contributed by atoms with Gasteiger partial charge in [0.1, 0.15) is 11.6 Å². The van der Waals surface area contributed by atoms with E-state index in [1.807, 2.05) is 0 Å². The van der Waals surface area contributed by atoms with Crippen LogP contribution in [0.3, 0.4) is 0 Å². The van der Waals surface area contributed by atoms with Crippen molar-refractivity contribution in [2.24, 2.45) is 11.5 Å². The Morgan fingerprint density at radius 3 is 2.75 bits per heavy atom. The fourth-order valence-corrected chi connectivity index (χ4v) is 1.24. The Hall–Kier alpha value is -1.62. The van der Waals surface area contributed by atoms with Crippen LogP contribution >= 0.6 is 0 Å². The first-order valence-electron chi connectivity index (χ1n) is 4.97. The van der Waals surface area contributed by atoms with Gasteiger partial charge in [0, 0.05) is 17.7 Å². The van der Waals surface area contributed by atoms with Gasteiger partial charge in [-0.3, -0.25) is 4.79 Å². The molecule has 0 unspecified atom stereocenters. The van der Waals surface area contributed by atoms with Crippen LogP contribution < -0.4 is 16.2 Å². The summed E-state index contributed by atoms with van der Waals surface area (Å²) in [5, 5.41) is 0. The fraction of sp³-hybridized carbons (Fsp3) is 0.364. The number of nitrogens with two attached hydrogens (primary N) is 2. The number of carbonyl (C=O) groups is 1. The van der Waals surface area contributed by atoms with Crippen molar-refractivity contribution < 1.29 is 13.9 Å². The predicted molar refractivity (Wildman–Crippen MR) is 58.3 cm³/mol. The summed E-state index contributed by atoms with van der Waals surface area (Å²) in [6, 6.07) is 4.07. The standard InChI is InChI=1S/C11H15FN2O2/c1-7(13)9-3-2-8(6-10(9)12)16-5-4-11(14)15/h2-3,6-7H,4-5,13H2,1H3,(H2,14,15)/t7-/m0/s1. The molecule has 0 saturated carbocycles. The van der Waals surface area contributed by atoms with Crippen molar-refractivity contribution in [2.75, 3.05) is 6.61 Å². The summed E-state index contributed by atoms with van der Waals surface area (Å²) in [5.41, 5.74) is 10.9. The largest absolute Gasteiger partial charge is 0.493 e. The summed E-state index contributed by atoms with van der Waals surface area (Å²) in [7, 11) is 0. The highest BCUT2D eigenvalue weighted by Gasteiger charge is 2.08. The molecule has 4 N–H and O–H groups in total. The Balaban J connectivity index is 2.63. The minimum Gasteiger partial charge on any atom is -0.493 e. The number of amides is 1. The molecule has 1 atom stereocenters. The van der Waals surface area contributed by atoms with Crippen LogP contribution in [0.1, 0.15) is 24.9 Å². The van der Waals surface area contributed by atoms with Crippen molar-refractivity contribution in [2.45, 2.75) is 19.4 Å². The lowest BCUT2D eigenvalue weighted by Gasteiger charge is -2.09. The number of hydrogen-bond acceptors (Lipinski definition) is 3. The zero-order valence-electron chi connectivity index (χ0n) is 9.07. The van der Waals surface area contributed by atoms with Gasteiger partial charge in [0.2, 0.25) is 5.91 Å². The van der Waals surface area contributed by atoms with Crippen LogP contribution in [-0.4, -0.2) is 12.5 Å². The van der Waals surface area contributed by atoms with Crippen LogP contribution in [0.15, 0.2) is 18.2 Å². The molecule has 4 nitrogen and oxygen atoms in total. The molecular formula is C11H15FN2O2. The van der Waals surface area contributed by atoms with Gasteiger partial charge in [0.25, 0.3) is 0 Å². The molecule has 0 aliphatic heterocycles. The monoisotopic (exact) mass is 226 g/mol. The lowest BCUT2D eigenvalue weighted by atomic mass is 10.1. The molecule has 0 aliphatic carbocycles. The van der Waals surface area contributed by atoms with E-state index >= 15 is 0 Å². The first kappa shape index (κ1) is 12.4. The van der Waals surface area contributed by atoms with E-state index in [1.165, 1.54) is 6.07 Å². The van der Waals surface area contributed by atoms with E-state index in [4.69, 9.17) is 16.2 Å². The summed E-state index contributed by atoms with van der Waals surface area (Å²) in [6.45, 7) is 1.85. The Kier molecular flexibility index (Phi) is 4.25. The molecule has 88 valence electrons. The van der Waals surface area contributed by atoms with Gasteiger partial charge < -0.3 is 16.2 Å². The van der Waals surface area contributed by atoms with Gasteiger partial charge in [-0.2, -0.15) is 0 Å². The number of carbonyl (C=O) groups excluding carboxylic acids is 1. The first-order chi connectivity index (χ1) is 7.50. The Bertz CT molecular complexity index is 380. The van der Waals surface area contributed by atoms with E-state index in [1.54, 1.807) is 19.1 Å². The maximum atomic E-state index is 13.4. The molecule has 0 heterocycles. The fourth-order valence-electron chi connectivity index (χ4n) is 1.24. The number of ether oxygens (including phenoxy) is 1. The molecule has 1 amide bonds. The van der Waals surface area contributed by atoms with Gasteiger partial charge in [-0.25, -0.2) is 4.39 Å². The third kappa shape index (κ3) is 3.51. The van der Waals surface area contributed by atoms with E-state index in [2.05, 4.69) is 0 Å². The summed E-state index contributed by atoms with van der Waals surface area (Å²) in [6.07, 6.45) is 0.108. The molecule has 5 heteroatoms.